The van der Waals surface area contributed by atoms with Crippen molar-refractivity contribution in [1.82, 2.24) is 23.9 Å². The van der Waals surface area contributed by atoms with Crippen LogP contribution in [0.3, 0.4) is 0 Å². The number of benzene rings is 1. The van der Waals surface area contributed by atoms with Crippen LogP contribution in [0.25, 0.3) is 11.0 Å². The quantitative estimate of drug-likeness (QED) is 0.261. The smallest absolute Gasteiger partial charge is 0.255 e. The monoisotopic (exact) mass is 530 g/mol. The van der Waals surface area contributed by atoms with Gasteiger partial charge in [0.25, 0.3) is 5.91 Å². The topological polar surface area (TPSA) is 120 Å². The standard InChI is InChI=1S/C27H32N7O3Si/c1-5-23(35)33-16-38(15-19(33)14-37-4)34-27(29-3)24(25(28)36)20(31-34)11-7-17-8-12-22-21(13-17)30-26(18-9-10-18)32(22)6-2/h5,8,12-13,18-19,29H,1,6,9-10,14-16H2,2-4H3,(H2,28,36)/t19-/m0/s1. The second kappa shape index (κ2) is 10.5. The summed E-state index contributed by atoms with van der Waals surface area (Å²) < 4.78 is 9.45. The molecule has 5 rings (SSSR count). The van der Waals surface area contributed by atoms with E-state index in [2.05, 4.69) is 41.3 Å². The van der Waals surface area contributed by atoms with E-state index < -0.39 is 14.9 Å². The molecule has 2 aromatic heterocycles. The molecule has 1 radical (unpaired) electrons. The summed E-state index contributed by atoms with van der Waals surface area (Å²) in [4.78, 5) is 31.6. The maximum Gasteiger partial charge on any atom is 0.255 e. The average Bonchev–Trinajstić information content (AvgIpc) is 3.40. The number of primary amides is 1. The van der Waals surface area contributed by atoms with Crippen molar-refractivity contribution in [2.45, 2.75) is 44.3 Å². The molecule has 2 aliphatic rings. The third kappa shape index (κ3) is 4.61. The second-order valence-electron chi connectivity index (χ2n) is 9.59. The third-order valence-corrected chi connectivity index (χ3v) is 9.68. The Balaban J connectivity index is 1.50. The van der Waals surface area contributed by atoms with Crippen LogP contribution in [0.4, 0.5) is 5.82 Å². The number of rotatable bonds is 8. The molecule has 38 heavy (non-hydrogen) atoms. The molecule has 10 nitrogen and oxygen atoms in total. The largest absolute Gasteiger partial charge is 0.383 e. The number of aryl methyl sites for hydroxylation is 1. The summed E-state index contributed by atoms with van der Waals surface area (Å²) in [6, 6.07) is 6.63. The molecule has 2 amide bonds. The van der Waals surface area contributed by atoms with Gasteiger partial charge in [-0.15, -0.1) is 0 Å². The molecule has 11 heteroatoms. The Morgan fingerprint density at radius 2 is 2.13 bits per heavy atom. The fourth-order valence-corrected chi connectivity index (χ4v) is 8.09. The SMILES string of the molecule is C=CC(=O)N1C[Si](n2nc(C#Cc3ccc4c(c3)nc(C3CC3)n4CC)c(C(N)=O)c2NC)C[C@@H]1COC. The number of ether oxygens (including phenoxy) is 1. The summed E-state index contributed by atoms with van der Waals surface area (Å²) in [5, 5.41) is 7.83. The van der Waals surface area contributed by atoms with Crippen LogP contribution in [0.5, 0.6) is 0 Å². The van der Waals surface area contributed by atoms with E-state index in [1.54, 1.807) is 19.1 Å². The lowest BCUT2D eigenvalue weighted by atomic mass is 10.1. The fourth-order valence-electron chi connectivity index (χ4n) is 5.18. The molecule has 1 saturated carbocycles. The van der Waals surface area contributed by atoms with E-state index in [9.17, 15) is 9.59 Å². The van der Waals surface area contributed by atoms with Gasteiger partial charge in [-0.05, 0) is 56.0 Å². The van der Waals surface area contributed by atoms with Crippen molar-refractivity contribution in [1.29, 1.82) is 0 Å². The lowest BCUT2D eigenvalue weighted by Gasteiger charge is -2.22. The molecular weight excluding hydrogens is 498 g/mol. The Hall–Kier alpha value is -3.88. The van der Waals surface area contributed by atoms with Gasteiger partial charge >= 0.3 is 0 Å². The van der Waals surface area contributed by atoms with E-state index in [1.165, 1.54) is 18.9 Å². The Labute approximate surface area is 223 Å². The molecule has 1 saturated heterocycles. The van der Waals surface area contributed by atoms with Gasteiger partial charge in [0.1, 0.15) is 22.9 Å². The van der Waals surface area contributed by atoms with Crippen LogP contribution in [0.2, 0.25) is 6.04 Å². The highest BCUT2D eigenvalue weighted by molar-refractivity contribution is 6.59. The zero-order chi connectivity index (χ0) is 27.0. The molecule has 0 bridgehead atoms. The molecule has 2 fully saturated rings. The van der Waals surface area contributed by atoms with Crippen LogP contribution in [0.15, 0.2) is 30.9 Å². The van der Waals surface area contributed by atoms with Crippen LogP contribution in [-0.4, -0.2) is 77.6 Å². The maximum atomic E-state index is 12.5. The molecule has 3 N–H and O–H groups in total. The Bertz CT molecular complexity index is 1480. The first-order valence-electron chi connectivity index (χ1n) is 12.8. The van der Waals surface area contributed by atoms with Gasteiger partial charge in [0.2, 0.25) is 14.9 Å². The average molecular weight is 531 g/mol. The van der Waals surface area contributed by atoms with E-state index in [4.69, 9.17) is 20.6 Å². The number of carbonyl (C=O) groups is 2. The first-order valence-corrected chi connectivity index (χ1v) is 14.7. The number of hydrogen-bond donors (Lipinski definition) is 2. The molecule has 1 atom stereocenters. The second-order valence-corrected chi connectivity index (χ2v) is 11.9. The van der Waals surface area contributed by atoms with Gasteiger partial charge in [-0.2, -0.15) is 5.10 Å². The molecule has 3 heterocycles. The Morgan fingerprint density at radius 1 is 1.34 bits per heavy atom. The lowest BCUT2D eigenvalue weighted by molar-refractivity contribution is -0.127. The Kier molecular flexibility index (Phi) is 7.10. The van der Waals surface area contributed by atoms with Crippen LogP contribution in [0.1, 0.15) is 53.1 Å². The number of hydrogen-bond acceptors (Lipinski definition) is 6. The molecule has 1 aliphatic carbocycles. The maximum absolute atomic E-state index is 12.5. The third-order valence-electron chi connectivity index (χ3n) is 7.11. The molecule has 197 valence electrons. The normalized spacial score (nSPS) is 17.4. The first-order chi connectivity index (χ1) is 18.4. The number of amides is 2. The zero-order valence-electron chi connectivity index (χ0n) is 22.0. The van der Waals surface area contributed by atoms with Gasteiger partial charge in [0, 0.05) is 38.4 Å². The van der Waals surface area contributed by atoms with E-state index in [0.717, 1.165) is 29.0 Å². The molecule has 3 aromatic rings. The van der Waals surface area contributed by atoms with Crippen LogP contribution in [-0.2, 0) is 16.1 Å². The lowest BCUT2D eigenvalue weighted by Crippen LogP contribution is -2.38. The highest BCUT2D eigenvalue weighted by Gasteiger charge is 2.40. The van der Waals surface area contributed by atoms with Gasteiger partial charge in [-0.1, -0.05) is 12.5 Å². The van der Waals surface area contributed by atoms with Gasteiger partial charge in [0.15, 0.2) is 0 Å². The van der Waals surface area contributed by atoms with Crippen molar-refractivity contribution in [3.05, 3.63) is 53.5 Å². The van der Waals surface area contributed by atoms with Gasteiger partial charge in [-0.25, -0.2) is 4.98 Å². The van der Waals surface area contributed by atoms with E-state index in [0.29, 0.717) is 36.2 Å². The van der Waals surface area contributed by atoms with Crippen molar-refractivity contribution in [2.75, 3.05) is 32.2 Å². The minimum Gasteiger partial charge on any atom is -0.383 e. The van der Waals surface area contributed by atoms with E-state index in [1.807, 2.05) is 16.5 Å². The number of imidazole rings is 1. The van der Waals surface area contributed by atoms with Gasteiger partial charge in [0.05, 0.1) is 23.7 Å². The van der Waals surface area contributed by atoms with Crippen LogP contribution >= 0.6 is 0 Å². The van der Waals surface area contributed by atoms with E-state index in [-0.39, 0.29) is 17.5 Å². The minimum absolute atomic E-state index is 0.0879. The summed E-state index contributed by atoms with van der Waals surface area (Å²) in [7, 11) is 1.92. The summed E-state index contributed by atoms with van der Waals surface area (Å²) in [5.41, 5.74) is 9.17. The number of fused-ring (bicyclic) bond motifs is 1. The highest BCUT2D eigenvalue weighted by atomic mass is 28.3. The van der Waals surface area contributed by atoms with Gasteiger partial charge in [-0.3, -0.25) is 13.9 Å². The summed E-state index contributed by atoms with van der Waals surface area (Å²) >= 11 is 0. The molecule has 1 aromatic carbocycles. The first kappa shape index (κ1) is 25.8. The molecule has 1 aliphatic heterocycles. The summed E-state index contributed by atoms with van der Waals surface area (Å²) in [5.74, 6) is 7.72. The van der Waals surface area contributed by atoms with Crippen molar-refractivity contribution >= 4 is 37.6 Å². The molecule has 0 spiro atoms. The number of nitrogens with two attached hydrogens (primary N) is 1. The van der Waals surface area contributed by atoms with Crippen molar-refractivity contribution < 1.29 is 14.3 Å². The summed E-state index contributed by atoms with van der Waals surface area (Å²) in [6.45, 7) is 7.06. The predicted molar refractivity (Wildman–Crippen MR) is 147 cm³/mol. The Morgan fingerprint density at radius 3 is 2.76 bits per heavy atom. The van der Waals surface area contributed by atoms with Gasteiger partial charge < -0.3 is 25.3 Å². The summed E-state index contributed by atoms with van der Waals surface area (Å²) in [6.07, 6.45) is 4.20. The van der Waals surface area contributed by atoms with Crippen molar-refractivity contribution in [2.24, 2.45) is 5.73 Å². The van der Waals surface area contributed by atoms with Crippen molar-refractivity contribution in [3.8, 4) is 11.8 Å². The fraction of sp³-hybridized carbons (Fsp3) is 0.407. The number of nitrogens with zero attached hydrogens (tertiary/aromatic N) is 5. The number of nitrogens with one attached hydrogen (secondary N) is 1. The van der Waals surface area contributed by atoms with Crippen LogP contribution in [0, 0.1) is 11.8 Å². The number of carbonyl (C=O) groups excluding carboxylic acids is 2. The molecular formula is C27H32N7O3Si. The minimum atomic E-state index is -1.42. The number of methoxy groups -OCH3 is 1. The van der Waals surface area contributed by atoms with Crippen LogP contribution < -0.4 is 11.1 Å². The number of aromatic nitrogens is 4. The molecule has 0 unspecified atom stereocenters. The van der Waals surface area contributed by atoms with Crippen molar-refractivity contribution in [3.63, 3.8) is 0 Å². The van der Waals surface area contributed by atoms with E-state index >= 15 is 0 Å². The zero-order valence-corrected chi connectivity index (χ0v) is 23.0. The predicted octanol–water partition coefficient (Wildman–Crippen LogP) is 2.09. The highest BCUT2D eigenvalue weighted by Crippen LogP contribution is 2.40. The number of anilines is 1.